The van der Waals surface area contributed by atoms with Crippen molar-refractivity contribution in [3.63, 3.8) is 0 Å². The molecule has 0 bridgehead atoms. The summed E-state index contributed by atoms with van der Waals surface area (Å²) in [7, 11) is 0. The number of fused-ring (bicyclic) bond motifs is 7. The van der Waals surface area contributed by atoms with E-state index in [9.17, 15) is 0 Å². The zero-order valence-corrected chi connectivity index (χ0v) is 33.4. The van der Waals surface area contributed by atoms with Crippen LogP contribution in [0.3, 0.4) is 0 Å². The summed E-state index contributed by atoms with van der Waals surface area (Å²) in [6.45, 7) is 20.4. The predicted molar refractivity (Wildman–Crippen MR) is 235 cm³/mol. The van der Waals surface area contributed by atoms with Gasteiger partial charge < -0.3 is 9.30 Å². The van der Waals surface area contributed by atoms with Crippen LogP contribution in [0, 0.1) is 41.5 Å². The first-order chi connectivity index (χ1) is 26.4. The molecule has 0 unspecified atom stereocenters. The summed E-state index contributed by atoms with van der Waals surface area (Å²) in [5.41, 5.74) is 24.2. The molecule has 0 radical (unpaired) electrons. The van der Waals surface area contributed by atoms with E-state index in [0.717, 1.165) is 11.5 Å². The molecule has 0 saturated carbocycles. The monoisotopic (exact) mass is 711 g/mol. The average Bonchev–Trinajstić information content (AvgIpc) is 3.46. The number of hydrogen-bond donors (Lipinski definition) is 0. The second kappa shape index (κ2) is 11.9. The lowest BCUT2D eigenvalue weighted by atomic mass is 9.34. The zero-order chi connectivity index (χ0) is 38.1. The summed E-state index contributed by atoms with van der Waals surface area (Å²) in [5.74, 6) is 1.90. The summed E-state index contributed by atoms with van der Waals surface area (Å²) in [6.07, 6.45) is 0. The molecule has 0 N–H and O–H groups in total. The van der Waals surface area contributed by atoms with Crippen LogP contribution in [0.5, 0.6) is 11.5 Å². The van der Waals surface area contributed by atoms with Crippen LogP contribution in [0.4, 0.5) is 0 Å². The van der Waals surface area contributed by atoms with Crippen molar-refractivity contribution in [1.29, 1.82) is 0 Å². The molecule has 268 valence electrons. The van der Waals surface area contributed by atoms with Crippen LogP contribution in [0.15, 0.2) is 115 Å². The van der Waals surface area contributed by atoms with Gasteiger partial charge in [-0.25, -0.2) is 0 Å². The molecule has 2 nitrogen and oxygen atoms in total. The van der Waals surface area contributed by atoms with Gasteiger partial charge in [-0.1, -0.05) is 111 Å². The molecule has 8 aromatic rings. The molecule has 0 spiro atoms. The Kier molecular flexibility index (Phi) is 7.27. The van der Waals surface area contributed by atoms with Crippen molar-refractivity contribution in [2.45, 2.75) is 67.7 Å². The van der Waals surface area contributed by atoms with E-state index in [1.807, 2.05) is 0 Å². The highest BCUT2D eigenvalue weighted by Gasteiger charge is 2.42. The van der Waals surface area contributed by atoms with Crippen molar-refractivity contribution in [1.82, 2.24) is 4.57 Å². The third kappa shape index (κ3) is 5.09. The molecule has 0 fully saturated rings. The Balaban J connectivity index is 1.34. The molecule has 0 saturated heterocycles. The highest BCUT2D eigenvalue weighted by atomic mass is 16.5. The van der Waals surface area contributed by atoms with Crippen molar-refractivity contribution in [3.8, 4) is 50.6 Å². The third-order valence-corrected chi connectivity index (χ3v) is 12.3. The van der Waals surface area contributed by atoms with E-state index in [2.05, 4.69) is 182 Å². The van der Waals surface area contributed by atoms with Crippen LogP contribution in [0.25, 0.3) is 60.9 Å². The number of benzene rings is 7. The molecule has 3 heterocycles. The largest absolute Gasteiger partial charge is 0.458 e. The highest BCUT2D eigenvalue weighted by molar-refractivity contribution is 6.99. The Morgan fingerprint density at radius 2 is 1.13 bits per heavy atom. The van der Waals surface area contributed by atoms with Crippen molar-refractivity contribution in [2.24, 2.45) is 0 Å². The first-order valence-corrected chi connectivity index (χ1v) is 19.7. The number of rotatable bonds is 3. The summed E-state index contributed by atoms with van der Waals surface area (Å²) in [6, 6.07) is 43.7. The fourth-order valence-electron chi connectivity index (χ4n) is 10.1. The zero-order valence-electron chi connectivity index (χ0n) is 33.4. The number of nitrogens with zero attached hydrogens (tertiary/aromatic N) is 1. The van der Waals surface area contributed by atoms with Crippen LogP contribution in [0.2, 0.25) is 0 Å². The van der Waals surface area contributed by atoms with Crippen LogP contribution >= 0.6 is 0 Å². The fraction of sp³-hybridized carbons (Fsp3) is 0.192. The normalized spacial score (nSPS) is 12.9. The number of aryl methyl sites for hydroxylation is 6. The smallest absolute Gasteiger partial charge is 0.256 e. The van der Waals surface area contributed by atoms with Crippen molar-refractivity contribution in [2.75, 3.05) is 0 Å². The Bertz CT molecular complexity index is 2890. The number of ether oxygens (including phenoxy) is 1. The van der Waals surface area contributed by atoms with Crippen LogP contribution < -0.4 is 21.1 Å². The molecular weight excluding hydrogens is 665 g/mol. The quantitative estimate of drug-likeness (QED) is 0.166. The topological polar surface area (TPSA) is 14.2 Å². The van der Waals surface area contributed by atoms with E-state index in [0.29, 0.717) is 0 Å². The lowest BCUT2D eigenvalue weighted by Gasteiger charge is -2.35. The van der Waals surface area contributed by atoms with E-state index in [1.165, 1.54) is 116 Å². The van der Waals surface area contributed by atoms with E-state index < -0.39 is 0 Å². The maximum absolute atomic E-state index is 7.09. The van der Waals surface area contributed by atoms with Gasteiger partial charge >= 0.3 is 0 Å². The van der Waals surface area contributed by atoms with E-state index in [4.69, 9.17) is 4.74 Å². The van der Waals surface area contributed by atoms with Crippen molar-refractivity contribution >= 4 is 44.9 Å². The molecule has 1 aromatic heterocycles. The summed E-state index contributed by atoms with van der Waals surface area (Å²) in [5, 5.41) is 2.58. The Morgan fingerprint density at radius 1 is 0.509 bits per heavy atom. The van der Waals surface area contributed by atoms with E-state index in [1.54, 1.807) is 0 Å². The number of aromatic nitrogens is 1. The van der Waals surface area contributed by atoms with Crippen LogP contribution in [-0.2, 0) is 5.41 Å². The lowest BCUT2D eigenvalue weighted by Crippen LogP contribution is -2.58. The second-order valence-electron chi connectivity index (χ2n) is 17.4. The fourth-order valence-corrected chi connectivity index (χ4v) is 10.1. The second-order valence-corrected chi connectivity index (χ2v) is 17.4. The van der Waals surface area contributed by atoms with Gasteiger partial charge in [0.25, 0.3) is 6.71 Å². The molecule has 10 rings (SSSR count). The van der Waals surface area contributed by atoms with Gasteiger partial charge in [0, 0.05) is 22.0 Å². The van der Waals surface area contributed by atoms with Crippen molar-refractivity contribution < 1.29 is 4.74 Å². The van der Waals surface area contributed by atoms with Gasteiger partial charge in [0.05, 0.1) is 5.52 Å². The minimum Gasteiger partial charge on any atom is -0.458 e. The van der Waals surface area contributed by atoms with Gasteiger partial charge in [0.2, 0.25) is 0 Å². The van der Waals surface area contributed by atoms with Crippen LogP contribution in [-0.4, -0.2) is 11.3 Å². The van der Waals surface area contributed by atoms with Gasteiger partial charge in [-0.2, -0.15) is 0 Å². The lowest BCUT2D eigenvalue weighted by molar-refractivity contribution is 0.483. The maximum atomic E-state index is 7.09. The van der Waals surface area contributed by atoms with Gasteiger partial charge in [0.15, 0.2) is 0 Å². The summed E-state index contributed by atoms with van der Waals surface area (Å²) in [4.78, 5) is 0. The van der Waals surface area contributed by atoms with Gasteiger partial charge in [-0.05, 0) is 161 Å². The standard InChI is InChI=1S/C52H46BNO/c1-29-19-31(3)48(32(4)20-29)37-16-18-44-40(23-37)41-24-38(49-33(5)21-30(2)22-34(49)6)25-43-51(41)54(44)45-27-39(52(7,8)9)28-47-50(45)53(43)42-17-15-36(26-46(42)55-47)35-13-11-10-12-14-35/h10-28H,1-9H3. The molecule has 2 aliphatic rings. The minimum atomic E-state index is -0.0725. The van der Waals surface area contributed by atoms with Gasteiger partial charge in [0.1, 0.15) is 11.5 Å². The minimum absolute atomic E-state index is 0.0129. The first kappa shape index (κ1) is 33.7. The average molecular weight is 712 g/mol. The first-order valence-electron chi connectivity index (χ1n) is 19.7. The molecule has 55 heavy (non-hydrogen) atoms. The molecule has 0 atom stereocenters. The molecule has 2 aliphatic heterocycles. The van der Waals surface area contributed by atoms with Gasteiger partial charge in [-0.15, -0.1) is 0 Å². The van der Waals surface area contributed by atoms with E-state index in [-0.39, 0.29) is 12.1 Å². The predicted octanol–water partition coefficient (Wildman–Crippen LogP) is 11.9. The summed E-state index contributed by atoms with van der Waals surface area (Å²) >= 11 is 0. The Morgan fingerprint density at radius 3 is 1.78 bits per heavy atom. The Hall–Kier alpha value is -5.80. The molecule has 7 aromatic carbocycles. The van der Waals surface area contributed by atoms with Crippen LogP contribution in [0.1, 0.15) is 59.7 Å². The number of hydrogen-bond acceptors (Lipinski definition) is 1. The maximum Gasteiger partial charge on any atom is 0.256 e. The molecule has 3 heteroatoms. The summed E-state index contributed by atoms with van der Waals surface area (Å²) < 4.78 is 9.65. The third-order valence-electron chi connectivity index (χ3n) is 12.3. The highest BCUT2D eigenvalue weighted by Crippen LogP contribution is 2.43. The molecule has 0 aliphatic carbocycles. The van der Waals surface area contributed by atoms with Gasteiger partial charge in [-0.3, -0.25) is 0 Å². The Labute approximate surface area is 325 Å². The SMILES string of the molecule is Cc1cc(C)c(-c2ccc3c(c2)c2cc(-c4c(C)cc(C)cc4C)cc4c2n3-c2cc(C(C)(C)C)cc3c2B4c2ccc(-c4ccccc4)cc2O3)c(C)c1. The molecule has 0 amide bonds. The molecular formula is C52H46BNO. The van der Waals surface area contributed by atoms with E-state index >= 15 is 0 Å². The van der Waals surface area contributed by atoms with Crippen molar-refractivity contribution in [3.05, 3.63) is 154 Å².